The Balaban J connectivity index is 2.12. The van der Waals surface area contributed by atoms with Crippen LogP contribution in [0.4, 0.5) is 5.82 Å². The zero-order valence-corrected chi connectivity index (χ0v) is 8.03. The fourth-order valence-electron chi connectivity index (χ4n) is 1.64. The van der Waals surface area contributed by atoms with E-state index in [-0.39, 0.29) is 0 Å². The highest BCUT2D eigenvalue weighted by Gasteiger charge is 2.12. The standard InChI is InChI=1S/C10H15N3/c1-2-9-7-12-10(8-11-9)13-5-3-4-6-13/h7-8H,2-6H2,1H3. The van der Waals surface area contributed by atoms with Gasteiger partial charge in [-0.15, -0.1) is 0 Å². The molecule has 3 nitrogen and oxygen atoms in total. The number of aryl methyl sites for hydroxylation is 1. The molecule has 0 aromatic carbocycles. The quantitative estimate of drug-likeness (QED) is 0.687. The zero-order valence-electron chi connectivity index (χ0n) is 8.03. The Morgan fingerprint density at radius 1 is 1.23 bits per heavy atom. The van der Waals surface area contributed by atoms with Crippen LogP contribution in [0.5, 0.6) is 0 Å². The van der Waals surface area contributed by atoms with Crippen molar-refractivity contribution in [1.29, 1.82) is 0 Å². The average Bonchev–Trinajstić information content (AvgIpc) is 2.71. The Hall–Kier alpha value is -1.12. The molecular formula is C10H15N3. The van der Waals surface area contributed by atoms with Crippen LogP contribution in [0.2, 0.25) is 0 Å². The van der Waals surface area contributed by atoms with Crippen molar-refractivity contribution < 1.29 is 0 Å². The number of aromatic nitrogens is 2. The highest BCUT2D eigenvalue weighted by molar-refractivity contribution is 5.36. The Morgan fingerprint density at radius 2 is 2.00 bits per heavy atom. The summed E-state index contributed by atoms with van der Waals surface area (Å²) in [6.45, 7) is 4.37. The normalized spacial score (nSPS) is 16.5. The first-order valence-corrected chi connectivity index (χ1v) is 4.96. The van der Waals surface area contributed by atoms with Crippen molar-refractivity contribution in [2.24, 2.45) is 0 Å². The van der Waals surface area contributed by atoms with Crippen LogP contribution < -0.4 is 4.90 Å². The Bertz CT molecular complexity index is 262. The van der Waals surface area contributed by atoms with E-state index in [2.05, 4.69) is 21.8 Å². The Labute approximate surface area is 78.8 Å². The van der Waals surface area contributed by atoms with Gasteiger partial charge in [0.1, 0.15) is 5.82 Å². The molecule has 0 saturated carbocycles. The smallest absolute Gasteiger partial charge is 0.147 e. The zero-order chi connectivity index (χ0) is 9.10. The second-order valence-electron chi connectivity index (χ2n) is 3.41. The summed E-state index contributed by atoms with van der Waals surface area (Å²) in [5.41, 5.74) is 1.07. The lowest BCUT2D eigenvalue weighted by molar-refractivity contribution is 0.906. The van der Waals surface area contributed by atoms with Gasteiger partial charge in [-0.05, 0) is 19.3 Å². The van der Waals surface area contributed by atoms with Crippen molar-refractivity contribution in [2.45, 2.75) is 26.2 Å². The van der Waals surface area contributed by atoms with Crippen molar-refractivity contribution in [3.8, 4) is 0 Å². The van der Waals surface area contributed by atoms with E-state index in [1.807, 2.05) is 12.4 Å². The second kappa shape index (κ2) is 3.73. The molecule has 1 fully saturated rings. The van der Waals surface area contributed by atoms with Gasteiger partial charge in [-0.25, -0.2) is 4.98 Å². The molecule has 70 valence electrons. The average molecular weight is 177 g/mol. The number of anilines is 1. The van der Waals surface area contributed by atoms with Crippen molar-refractivity contribution in [3.05, 3.63) is 18.1 Å². The fourth-order valence-corrected chi connectivity index (χ4v) is 1.64. The van der Waals surface area contributed by atoms with Crippen LogP contribution in [0.15, 0.2) is 12.4 Å². The number of hydrogen-bond donors (Lipinski definition) is 0. The number of hydrogen-bond acceptors (Lipinski definition) is 3. The largest absolute Gasteiger partial charge is 0.355 e. The lowest BCUT2D eigenvalue weighted by atomic mass is 10.3. The molecule has 3 heteroatoms. The molecule has 0 unspecified atom stereocenters. The molecule has 2 heterocycles. The number of rotatable bonds is 2. The lowest BCUT2D eigenvalue weighted by Gasteiger charge is -2.15. The van der Waals surface area contributed by atoms with Crippen molar-refractivity contribution in [3.63, 3.8) is 0 Å². The molecule has 1 aromatic rings. The van der Waals surface area contributed by atoms with E-state index >= 15 is 0 Å². The van der Waals surface area contributed by atoms with Gasteiger partial charge in [-0.1, -0.05) is 6.92 Å². The maximum absolute atomic E-state index is 4.39. The van der Waals surface area contributed by atoms with Gasteiger partial charge in [0.15, 0.2) is 0 Å². The third-order valence-electron chi connectivity index (χ3n) is 2.48. The topological polar surface area (TPSA) is 29.0 Å². The third-order valence-corrected chi connectivity index (χ3v) is 2.48. The molecule has 0 aliphatic carbocycles. The van der Waals surface area contributed by atoms with Gasteiger partial charge in [-0.2, -0.15) is 0 Å². The van der Waals surface area contributed by atoms with Gasteiger partial charge in [0, 0.05) is 13.1 Å². The van der Waals surface area contributed by atoms with Crippen LogP contribution in [0.1, 0.15) is 25.5 Å². The molecule has 0 bridgehead atoms. The second-order valence-corrected chi connectivity index (χ2v) is 3.41. The van der Waals surface area contributed by atoms with E-state index in [0.29, 0.717) is 0 Å². The first kappa shape index (κ1) is 8.48. The van der Waals surface area contributed by atoms with Crippen LogP contribution in [0.25, 0.3) is 0 Å². The lowest BCUT2D eigenvalue weighted by Crippen LogP contribution is -2.19. The van der Waals surface area contributed by atoms with Gasteiger partial charge >= 0.3 is 0 Å². The predicted molar refractivity (Wildman–Crippen MR) is 52.9 cm³/mol. The third kappa shape index (κ3) is 1.79. The monoisotopic (exact) mass is 177 g/mol. The summed E-state index contributed by atoms with van der Waals surface area (Å²) in [6, 6.07) is 0. The fraction of sp³-hybridized carbons (Fsp3) is 0.600. The van der Waals surface area contributed by atoms with Crippen LogP contribution in [-0.2, 0) is 6.42 Å². The van der Waals surface area contributed by atoms with Crippen molar-refractivity contribution in [1.82, 2.24) is 9.97 Å². The molecule has 2 rings (SSSR count). The summed E-state index contributed by atoms with van der Waals surface area (Å²) >= 11 is 0. The molecule has 0 radical (unpaired) electrons. The van der Waals surface area contributed by atoms with Gasteiger partial charge in [0.05, 0.1) is 18.1 Å². The van der Waals surface area contributed by atoms with E-state index in [1.54, 1.807) is 0 Å². The van der Waals surface area contributed by atoms with Crippen molar-refractivity contribution in [2.75, 3.05) is 18.0 Å². The minimum atomic E-state index is 0.966. The molecule has 13 heavy (non-hydrogen) atoms. The maximum Gasteiger partial charge on any atom is 0.147 e. The molecule has 1 aliphatic heterocycles. The summed E-state index contributed by atoms with van der Waals surface area (Å²) in [5.74, 6) is 1.04. The van der Waals surface area contributed by atoms with E-state index in [0.717, 1.165) is 31.0 Å². The Kier molecular flexibility index (Phi) is 2.43. The van der Waals surface area contributed by atoms with E-state index in [9.17, 15) is 0 Å². The summed E-state index contributed by atoms with van der Waals surface area (Å²) in [5, 5.41) is 0. The van der Waals surface area contributed by atoms with Crippen LogP contribution in [-0.4, -0.2) is 23.1 Å². The summed E-state index contributed by atoms with van der Waals surface area (Å²) in [6.07, 6.45) is 7.32. The molecule has 1 aliphatic rings. The van der Waals surface area contributed by atoms with Gasteiger partial charge in [-0.3, -0.25) is 4.98 Å². The Morgan fingerprint density at radius 3 is 2.54 bits per heavy atom. The van der Waals surface area contributed by atoms with Gasteiger partial charge in [0.2, 0.25) is 0 Å². The predicted octanol–water partition coefficient (Wildman–Crippen LogP) is 1.64. The molecule has 0 N–H and O–H groups in total. The minimum Gasteiger partial charge on any atom is -0.355 e. The summed E-state index contributed by atoms with van der Waals surface area (Å²) in [4.78, 5) is 11.0. The van der Waals surface area contributed by atoms with Crippen LogP contribution in [0, 0.1) is 0 Å². The molecule has 1 aromatic heterocycles. The minimum absolute atomic E-state index is 0.966. The first-order valence-electron chi connectivity index (χ1n) is 4.96. The number of nitrogens with zero attached hydrogens (tertiary/aromatic N) is 3. The van der Waals surface area contributed by atoms with Gasteiger partial charge in [0.25, 0.3) is 0 Å². The molecule has 0 spiro atoms. The highest BCUT2D eigenvalue weighted by Crippen LogP contribution is 2.15. The summed E-state index contributed by atoms with van der Waals surface area (Å²) in [7, 11) is 0. The van der Waals surface area contributed by atoms with E-state index in [4.69, 9.17) is 0 Å². The maximum atomic E-state index is 4.39. The van der Waals surface area contributed by atoms with Crippen molar-refractivity contribution >= 4 is 5.82 Å². The van der Waals surface area contributed by atoms with Crippen LogP contribution in [0.3, 0.4) is 0 Å². The van der Waals surface area contributed by atoms with Gasteiger partial charge < -0.3 is 4.90 Å². The SMILES string of the molecule is CCc1cnc(N2CCCC2)cn1. The summed E-state index contributed by atoms with van der Waals surface area (Å²) < 4.78 is 0. The molecule has 1 saturated heterocycles. The first-order chi connectivity index (χ1) is 6.40. The highest BCUT2D eigenvalue weighted by atomic mass is 15.2. The van der Waals surface area contributed by atoms with Crippen LogP contribution >= 0.6 is 0 Å². The molecule has 0 amide bonds. The van der Waals surface area contributed by atoms with E-state index in [1.165, 1.54) is 12.8 Å². The van der Waals surface area contributed by atoms with E-state index < -0.39 is 0 Å². The molecular weight excluding hydrogens is 162 g/mol. The molecule has 0 atom stereocenters.